The van der Waals surface area contributed by atoms with Gasteiger partial charge in [-0.15, -0.1) is 0 Å². The van der Waals surface area contributed by atoms with Gasteiger partial charge in [-0.05, 0) is 24.3 Å². The number of imidazole rings is 1. The molecule has 4 heterocycles. The molecule has 0 saturated carbocycles. The molecule has 0 bridgehead atoms. The molecule has 2 aromatic heterocycles. The summed E-state index contributed by atoms with van der Waals surface area (Å²) in [5.41, 5.74) is 0.000172. The molecule has 2 aliphatic heterocycles. The molecule has 41 heavy (non-hydrogen) atoms. The van der Waals surface area contributed by atoms with Gasteiger partial charge in [-0.2, -0.15) is 28.1 Å². The van der Waals surface area contributed by atoms with Crippen molar-refractivity contribution < 1.29 is 31.4 Å². The number of aromatic nitrogens is 5. The summed E-state index contributed by atoms with van der Waals surface area (Å²) in [7, 11) is 0. The second kappa shape index (κ2) is 11.1. The average Bonchev–Trinajstić information content (AvgIpc) is 3.38. The molecule has 2 saturated heterocycles. The highest BCUT2D eigenvalue weighted by Crippen LogP contribution is 2.37. The van der Waals surface area contributed by atoms with Crippen molar-refractivity contribution in [2.75, 3.05) is 49.2 Å². The molecule has 0 amide bonds. The second-order valence-electron chi connectivity index (χ2n) is 9.73. The van der Waals surface area contributed by atoms with Crippen LogP contribution in [0.3, 0.4) is 0 Å². The number of anilines is 2. The molecular weight excluding hydrogens is 549 g/mol. The van der Waals surface area contributed by atoms with Crippen molar-refractivity contribution in [3.63, 3.8) is 0 Å². The fourth-order valence-corrected chi connectivity index (χ4v) is 5.05. The number of ether oxygens (including phenoxy) is 2. The normalized spacial score (nSPS) is 17.0. The second-order valence-corrected chi connectivity index (χ2v) is 9.73. The van der Waals surface area contributed by atoms with Crippen LogP contribution in [0.1, 0.15) is 30.7 Å². The van der Waals surface area contributed by atoms with Gasteiger partial charge in [-0.1, -0.05) is 24.3 Å². The van der Waals surface area contributed by atoms with Gasteiger partial charge >= 0.3 is 6.18 Å². The molecule has 216 valence electrons. The molecule has 2 fully saturated rings. The molecule has 6 rings (SSSR count). The Kier molecular flexibility index (Phi) is 7.32. The van der Waals surface area contributed by atoms with E-state index in [0.29, 0.717) is 69.2 Å². The zero-order valence-corrected chi connectivity index (χ0v) is 21.8. The van der Waals surface area contributed by atoms with Gasteiger partial charge in [0.05, 0.1) is 29.8 Å². The summed E-state index contributed by atoms with van der Waals surface area (Å²) >= 11 is 0. The molecule has 0 N–H and O–H groups in total. The SMILES string of the molecule is FC(F)c1nc2ccccc2n1-c1nc(N2CCOCC2)nc(N2CCC(Oc3ccccc3C(F)(F)F)CC2)n1. The highest BCUT2D eigenvalue weighted by Gasteiger charge is 2.35. The van der Waals surface area contributed by atoms with Gasteiger partial charge in [-0.3, -0.25) is 4.57 Å². The Morgan fingerprint density at radius 2 is 1.39 bits per heavy atom. The highest BCUT2D eigenvalue weighted by atomic mass is 19.4. The Morgan fingerprint density at radius 3 is 2.07 bits per heavy atom. The zero-order valence-electron chi connectivity index (χ0n) is 21.8. The smallest absolute Gasteiger partial charge is 0.419 e. The molecule has 0 atom stereocenters. The van der Waals surface area contributed by atoms with E-state index in [-0.39, 0.29) is 17.6 Å². The quantitative estimate of drug-likeness (QED) is 0.296. The lowest BCUT2D eigenvalue weighted by molar-refractivity contribution is -0.139. The number of rotatable bonds is 6. The molecule has 9 nitrogen and oxygen atoms in total. The summed E-state index contributed by atoms with van der Waals surface area (Å²) in [6.45, 7) is 2.74. The van der Waals surface area contributed by atoms with Gasteiger partial charge in [0.1, 0.15) is 11.9 Å². The first-order chi connectivity index (χ1) is 19.8. The lowest BCUT2D eigenvalue weighted by Crippen LogP contribution is -2.41. The average molecular weight is 576 g/mol. The summed E-state index contributed by atoms with van der Waals surface area (Å²) in [4.78, 5) is 21.7. The van der Waals surface area contributed by atoms with Crippen LogP contribution in [-0.2, 0) is 10.9 Å². The number of fused-ring (bicyclic) bond motifs is 1. The third kappa shape index (κ3) is 5.60. The van der Waals surface area contributed by atoms with Gasteiger partial charge in [0, 0.05) is 39.0 Å². The number of hydrogen-bond acceptors (Lipinski definition) is 8. The van der Waals surface area contributed by atoms with E-state index in [4.69, 9.17) is 9.47 Å². The van der Waals surface area contributed by atoms with Crippen molar-refractivity contribution in [2.45, 2.75) is 31.5 Å². The number of halogens is 5. The summed E-state index contributed by atoms with van der Waals surface area (Å²) in [6.07, 6.45) is -7.02. The van der Waals surface area contributed by atoms with Gasteiger partial charge < -0.3 is 19.3 Å². The highest BCUT2D eigenvalue weighted by molar-refractivity contribution is 5.77. The monoisotopic (exact) mass is 575 g/mol. The number of benzene rings is 2. The van der Waals surface area contributed by atoms with Crippen LogP contribution >= 0.6 is 0 Å². The fourth-order valence-electron chi connectivity index (χ4n) is 5.05. The standard InChI is InChI=1S/C27H26F5N7O2/c28-22(29)23-33-19-6-2-3-7-20(19)39(23)26-35-24(34-25(36-26)38-13-15-40-16-14-38)37-11-9-17(10-12-37)41-21-8-4-1-5-18(21)27(30,31)32/h1-8,17,22H,9-16H2. The van der Waals surface area contributed by atoms with E-state index in [1.54, 1.807) is 24.3 Å². The fraction of sp³-hybridized carbons (Fsp3) is 0.407. The van der Waals surface area contributed by atoms with Crippen molar-refractivity contribution in [1.29, 1.82) is 0 Å². The minimum absolute atomic E-state index is 0.0120. The number of para-hydroxylation sites is 3. The van der Waals surface area contributed by atoms with Crippen LogP contribution in [0.4, 0.5) is 33.8 Å². The maximum absolute atomic E-state index is 14.1. The molecule has 0 radical (unpaired) electrons. The first-order valence-corrected chi connectivity index (χ1v) is 13.2. The number of morpholine rings is 1. The van der Waals surface area contributed by atoms with E-state index in [1.807, 2.05) is 9.80 Å². The van der Waals surface area contributed by atoms with Crippen molar-refractivity contribution in [1.82, 2.24) is 24.5 Å². The lowest BCUT2D eigenvalue weighted by atomic mass is 10.1. The van der Waals surface area contributed by atoms with Crippen LogP contribution < -0.4 is 14.5 Å². The molecule has 2 aliphatic rings. The number of hydrogen-bond donors (Lipinski definition) is 0. The van der Waals surface area contributed by atoms with Crippen molar-refractivity contribution in [3.05, 3.63) is 59.9 Å². The van der Waals surface area contributed by atoms with E-state index in [1.165, 1.54) is 22.8 Å². The number of nitrogens with zero attached hydrogens (tertiary/aromatic N) is 7. The summed E-state index contributed by atoms with van der Waals surface area (Å²) in [5.74, 6) is -0.0703. The number of alkyl halides is 5. The Labute approximate surface area is 231 Å². The van der Waals surface area contributed by atoms with E-state index in [9.17, 15) is 22.0 Å². The van der Waals surface area contributed by atoms with Gasteiger partial charge in [0.15, 0.2) is 5.82 Å². The van der Waals surface area contributed by atoms with Crippen LogP contribution in [-0.4, -0.2) is 70.0 Å². The van der Waals surface area contributed by atoms with Gasteiger partial charge in [-0.25, -0.2) is 13.8 Å². The largest absolute Gasteiger partial charge is 0.490 e. The van der Waals surface area contributed by atoms with Crippen LogP contribution in [0.15, 0.2) is 48.5 Å². The molecule has 0 spiro atoms. The maximum Gasteiger partial charge on any atom is 0.419 e. The van der Waals surface area contributed by atoms with Gasteiger partial charge in [0.2, 0.25) is 17.8 Å². The topological polar surface area (TPSA) is 81.4 Å². The maximum atomic E-state index is 14.1. The third-order valence-corrected chi connectivity index (χ3v) is 7.09. The molecule has 4 aromatic rings. The Morgan fingerprint density at radius 1 is 0.780 bits per heavy atom. The summed E-state index contributed by atoms with van der Waals surface area (Å²) < 4.78 is 81.0. The molecule has 14 heteroatoms. The minimum atomic E-state index is -4.52. The van der Waals surface area contributed by atoms with E-state index in [2.05, 4.69) is 19.9 Å². The first kappa shape index (κ1) is 27.1. The molecule has 0 unspecified atom stereocenters. The van der Waals surface area contributed by atoms with E-state index >= 15 is 0 Å². The van der Waals surface area contributed by atoms with Crippen LogP contribution in [0.2, 0.25) is 0 Å². The predicted octanol–water partition coefficient (Wildman–Crippen LogP) is 5.05. The van der Waals surface area contributed by atoms with Crippen LogP contribution in [0.25, 0.3) is 17.0 Å². The van der Waals surface area contributed by atoms with Crippen molar-refractivity contribution >= 4 is 22.9 Å². The van der Waals surface area contributed by atoms with E-state index < -0.39 is 30.1 Å². The van der Waals surface area contributed by atoms with Crippen LogP contribution in [0, 0.1) is 0 Å². The summed E-state index contributed by atoms with van der Waals surface area (Å²) in [5, 5.41) is 0. The predicted molar refractivity (Wildman–Crippen MR) is 140 cm³/mol. The zero-order chi connectivity index (χ0) is 28.6. The lowest BCUT2D eigenvalue weighted by Gasteiger charge is -2.33. The molecular formula is C27H26F5N7O2. The van der Waals surface area contributed by atoms with Crippen molar-refractivity contribution in [2.24, 2.45) is 0 Å². The van der Waals surface area contributed by atoms with Crippen molar-refractivity contribution in [3.8, 4) is 11.7 Å². The van der Waals surface area contributed by atoms with Crippen LogP contribution in [0.5, 0.6) is 5.75 Å². The Balaban J connectivity index is 1.31. The number of piperidine rings is 1. The molecule has 0 aliphatic carbocycles. The Hall–Kier alpha value is -4.07. The molecule has 2 aromatic carbocycles. The summed E-state index contributed by atoms with van der Waals surface area (Å²) in [6, 6.07) is 11.9. The first-order valence-electron chi connectivity index (χ1n) is 13.2. The van der Waals surface area contributed by atoms with Gasteiger partial charge in [0.25, 0.3) is 6.43 Å². The Bertz CT molecular complexity index is 1520. The third-order valence-electron chi connectivity index (χ3n) is 7.09. The minimum Gasteiger partial charge on any atom is -0.490 e. The van der Waals surface area contributed by atoms with E-state index in [0.717, 1.165) is 6.07 Å².